The van der Waals surface area contributed by atoms with E-state index in [4.69, 9.17) is 9.47 Å². The second-order valence-electron chi connectivity index (χ2n) is 6.17. The number of carbonyl (C=O) groups excluding carboxylic acids is 1. The number of aromatic nitrogens is 4. The van der Waals surface area contributed by atoms with E-state index in [1.54, 1.807) is 11.8 Å². The van der Waals surface area contributed by atoms with Crippen molar-refractivity contribution in [1.82, 2.24) is 20.2 Å². The number of para-hydroxylation sites is 3. The minimum absolute atomic E-state index is 0.159. The molecule has 28 heavy (non-hydrogen) atoms. The molecule has 0 spiro atoms. The van der Waals surface area contributed by atoms with Crippen LogP contribution in [0.2, 0.25) is 0 Å². The van der Waals surface area contributed by atoms with Crippen molar-refractivity contribution in [3.63, 3.8) is 0 Å². The second-order valence-corrected chi connectivity index (χ2v) is 6.17. The number of nitrogens with zero attached hydrogens (tertiary/aromatic N) is 4. The smallest absolute Gasteiger partial charge is 0.255 e. The molecule has 4 rings (SSSR count). The van der Waals surface area contributed by atoms with Crippen LogP contribution in [0, 0.1) is 0 Å². The normalized spacial score (nSPS) is 12.6. The van der Waals surface area contributed by atoms with Gasteiger partial charge >= 0.3 is 0 Å². The van der Waals surface area contributed by atoms with Gasteiger partial charge < -0.3 is 14.8 Å². The lowest BCUT2D eigenvalue weighted by molar-refractivity contribution is -0.113. The quantitative estimate of drug-likeness (QED) is 0.735. The van der Waals surface area contributed by atoms with Gasteiger partial charge in [-0.1, -0.05) is 31.2 Å². The number of rotatable bonds is 5. The van der Waals surface area contributed by atoms with Gasteiger partial charge in [0, 0.05) is 12.0 Å². The third kappa shape index (κ3) is 3.20. The summed E-state index contributed by atoms with van der Waals surface area (Å²) in [6.45, 7) is 2.13. The molecule has 1 N–H and O–H groups in total. The molecule has 1 aromatic heterocycles. The maximum absolute atomic E-state index is 12.9. The maximum Gasteiger partial charge on any atom is 0.255 e. The Morgan fingerprint density at radius 3 is 2.93 bits per heavy atom. The van der Waals surface area contributed by atoms with Gasteiger partial charge in [-0.05, 0) is 34.7 Å². The van der Waals surface area contributed by atoms with E-state index >= 15 is 0 Å². The molecule has 1 aliphatic heterocycles. The van der Waals surface area contributed by atoms with Crippen molar-refractivity contribution in [2.24, 2.45) is 0 Å². The van der Waals surface area contributed by atoms with Gasteiger partial charge in [0.15, 0.2) is 17.3 Å². The molecular weight excluding hydrogens is 358 g/mol. The predicted octanol–water partition coefficient (Wildman–Crippen LogP) is 2.65. The topological polar surface area (TPSA) is 91.2 Å². The fraction of sp³-hybridized carbons (Fsp3) is 0.200. The van der Waals surface area contributed by atoms with Crippen LogP contribution < -0.4 is 14.8 Å². The number of aryl methyl sites for hydroxylation is 1. The molecule has 0 saturated heterocycles. The molecule has 8 heteroatoms. The highest BCUT2D eigenvalue weighted by atomic mass is 16.5. The Morgan fingerprint density at radius 2 is 2.11 bits per heavy atom. The van der Waals surface area contributed by atoms with Crippen molar-refractivity contribution < 1.29 is 14.3 Å². The zero-order valence-corrected chi connectivity index (χ0v) is 15.5. The molecule has 2 heterocycles. The van der Waals surface area contributed by atoms with Gasteiger partial charge in [0.2, 0.25) is 0 Å². The lowest BCUT2D eigenvalue weighted by atomic mass is 10.1. The predicted molar refractivity (Wildman–Crippen MR) is 104 cm³/mol. The number of benzene rings is 2. The summed E-state index contributed by atoms with van der Waals surface area (Å²) in [7, 11) is 1.59. The first-order chi connectivity index (χ1) is 13.7. The van der Waals surface area contributed by atoms with Crippen LogP contribution in [0.15, 0.2) is 48.0 Å². The summed E-state index contributed by atoms with van der Waals surface area (Å²) in [6, 6.07) is 13.0. The van der Waals surface area contributed by atoms with Gasteiger partial charge in [-0.3, -0.25) is 4.79 Å². The Kier molecular flexibility index (Phi) is 4.76. The van der Waals surface area contributed by atoms with E-state index in [1.165, 1.54) is 0 Å². The Balaban J connectivity index is 1.62. The van der Waals surface area contributed by atoms with Crippen LogP contribution in [0.5, 0.6) is 11.5 Å². The fourth-order valence-electron chi connectivity index (χ4n) is 3.05. The number of ether oxygens (including phenoxy) is 2. The van der Waals surface area contributed by atoms with Gasteiger partial charge in [0.25, 0.3) is 5.91 Å². The van der Waals surface area contributed by atoms with E-state index in [2.05, 4.69) is 20.8 Å². The number of fused-ring (bicyclic) bond motifs is 1. The molecule has 1 aliphatic rings. The van der Waals surface area contributed by atoms with E-state index in [1.807, 2.05) is 55.5 Å². The first-order valence-corrected chi connectivity index (χ1v) is 8.89. The maximum atomic E-state index is 12.9. The van der Waals surface area contributed by atoms with Gasteiger partial charge in [-0.15, -0.1) is 5.10 Å². The third-order valence-electron chi connectivity index (χ3n) is 4.45. The number of amides is 1. The fourth-order valence-corrected chi connectivity index (χ4v) is 3.05. The van der Waals surface area contributed by atoms with Crippen LogP contribution in [0.1, 0.15) is 18.3 Å². The summed E-state index contributed by atoms with van der Waals surface area (Å²) in [5, 5.41) is 14.7. The molecular formula is C20H19N5O3. The summed E-state index contributed by atoms with van der Waals surface area (Å²) in [5.74, 6) is 1.75. The minimum Gasteiger partial charge on any atom is -0.493 e. The zero-order chi connectivity index (χ0) is 19.5. The molecule has 0 unspecified atom stereocenters. The van der Waals surface area contributed by atoms with Gasteiger partial charge in [0.05, 0.1) is 24.1 Å². The lowest BCUT2D eigenvalue weighted by Gasteiger charge is -2.20. The molecule has 8 nitrogen and oxygen atoms in total. The Labute approximate surface area is 161 Å². The number of hydrogen-bond donors (Lipinski definition) is 1. The monoisotopic (exact) mass is 377 g/mol. The molecule has 2 aromatic carbocycles. The summed E-state index contributed by atoms with van der Waals surface area (Å²) in [5.41, 5.74) is 2.64. The first kappa shape index (κ1) is 17.7. The standard InChI is InChI=1S/C20H19N5O3/c1-3-18-22-23-24-25(18)16-9-5-4-8-15(16)21-20(26)14-11-13-7-6-10-17(27-2)19(13)28-12-14/h4-11H,3,12H2,1-2H3,(H,21,26). The van der Waals surface area contributed by atoms with Crippen molar-refractivity contribution in [3.05, 3.63) is 59.4 Å². The second kappa shape index (κ2) is 7.51. The van der Waals surface area contributed by atoms with E-state index in [-0.39, 0.29) is 12.5 Å². The van der Waals surface area contributed by atoms with Crippen molar-refractivity contribution in [2.75, 3.05) is 19.0 Å². The zero-order valence-electron chi connectivity index (χ0n) is 15.5. The van der Waals surface area contributed by atoms with Crippen LogP contribution >= 0.6 is 0 Å². The Morgan fingerprint density at radius 1 is 1.25 bits per heavy atom. The minimum atomic E-state index is -0.243. The summed E-state index contributed by atoms with van der Waals surface area (Å²) >= 11 is 0. The highest BCUT2D eigenvalue weighted by molar-refractivity contribution is 6.08. The van der Waals surface area contributed by atoms with Gasteiger partial charge in [-0.2, -0.15) is 4.68 Å². The Bertz CT molecular complexity index is 1060. The number of nitrogens with one attached hydrogen (secondary N) is 1. The number of hydrogen-bond acceptors (Lipinski definition) is 6. The average Bonchev–Trinajstić information content (AvgIpc) is 3.22. The lowest BCUT2D eigenvalue weighted by Crippen LogP contribution is -2.22. The number of carbonyl (C=O) groups is 1. The van der Waals surface area contributed by atoms with Gasteiger partial charge in [-0.25, -0.2) is 0 Å². The number of anilines is 1. The average molecular weight is 377 g/mol. The first-order valence-electron chi connectivity index (χ1n) is 8.89. The molecule has 0 atom stereocenters. The highest BCUT2D eigenvalue weighted by Gasteiger charge is 2.21. The molecule has 0 aliphatic carbocycles. The SMILES string of the molecule is CCc1nnnn1-c1ccccc1NC(=O)C1=Cc2cccc(OC)c2OC1. The van der Waals surface area contributed by atoms with Crippen LogP contribution in [0.4, 0.5) is 5.69 Å². The summed E-state index contributed by atoms with van der Waals surface area (Å²) in [4.78, 5) is 12.9. The molecule has 0 radical (unpaired) electrons. The number of methoxy groups -OCH3 is 1. The molecule has 0 saturated carbocycles. The van der Waals surface area contributed by atoms with Crippen molar-refractivity contribution in [3.8, 4) is 17.2 Å². The molecule has 142 valence electrons. The van der Waals surface area contributed by atoms with Crippen LogP contribution in [0.3, 0.4) is 0 Å². The highest BCUT2D eigenvalue weighted by Crippen LogP contribution is 2.35. The molecule has 0 bridgehead atoms. The van der Waals surface area contributed by atoms with Gasteiger partial charge in [0.1, 0.15) is 6.61 Å². The molecule has 1 amide bonds. The van der Waals surface area contributed by atoms with E-state index < -0.39 is 0 Å². The molecule has 3 aromatic rings. The van der Waals surface area contributed by atoms with Crippen molar-refractivity contribution in [2.45, 2.75) is 13.3 Å². The van der Waals surface area contributed by atoms with E-state index in [0.29, 0.717) is 40.7 Å². The summed E-state index contributed by atoms with van der Waals surface area (Å²) in [6.07, 6.45) is 2.49. The van der Waals surface area contributed by atoms with E-state index in [0.717, 1.165) is 5.56 Å². The van der Waals surface area contributed by atoms with Crippen LogP contribution in [-0.4, -0.2) is 39.8 Å². The summed E-state index contributed by atoms with van der Waals surface area (Å²) < 4.78 is 12.7. The third-order valence-corrected chi connectivity index (χ3v) is 4.45. The Hall–Kier alpha value is -3.68. The number of tetrazole rings is 1. The molecule has 0 fully saturated rings. The van der Waals surface area contributed by atoms with E-state index in [9.17, 15) is 4.79 Å². The van der Waals surface area contributed by atoms with Crippen LogP contribution in [-0.2, 0) is 11.2 Å². The van der Waals surface area contributed by atoms with Crippen LogP contribution in [0.25, 0.3) is 11.8 Å². The van der Waals surface area contributed by atoms with Crippen molar-refractivity contribution in [1.29, 1.82) is 0 Å². The largest absolute Gasteiger partial charge is 0.493 e. The van der Waals surface area contributed by atoms with Crippen molar-refractivity contribution >= 4 is 17.7 Å².